The molecule has 0 unspecified atom stereocenters. The van der Waals surface area contributed by atoms with E-state index in [1.807, 2.05) is 38.1 Å². The van der Waals surface area contributed by atoms with Crippen molar-refractivity contribution in [3.63, 3.8) is 0 Å². The molecule has 0 radical (unpaired) electrons. The van der Waals surface area contributed by atoms with Crippen molar-refractivity contribution in [2.75, 3.05) is 18.4 Å². The number of rotatable bonds is 5. The number of aliphatic hydroxyl groups is 1. The van der Waals surface area contributed by atoms with E-state index in [-0.39, 0.29) is 5.91 Å². The zero-order valence-electron chi connectivity index (χ0n) is 15.6. The van der Waals surface area contributed by atoms with Crippen molar-refractivity contribution in [1.82, 2.24) is 10.2 Å². The average Bonchev–Trinajstić information content (AvgIpc) is 2.98. The van der Waals surface area contributed by atoms with Gasteiger partial charge >= 0.3 is 6.03 Å². The predicted molar refractivity (Wildman–Crippen MR) is 105 cm³/mol. The van der Waals surface area contributed by atoms with Crippen LogP contribution in [0.15, 0.2) is 48.5 Å². The number of hydrogen-bond donors (Lipinski definition) is 3. The minimum atomic E-state index is -0.637. The largest absolute Gasteiger partial charge is 0.390 e. The number of hydrogen-bond acceptors (Lipinski definition) is 3. The topological polar surface area (TPSA) is 81.7 Å². The van der Waals surface area contributed by atoms with Crippen LogP contribution < -0.4 is 10.6 Å². The summed E-state index contributed by atoms with van der Waals surface area (Å²) in [5.74, 6) is -0.0262. The molecule has 0 saturated heterocycles. The first-order chi connectivity index (χ1) is 13.0. The molecular formula is C21H25N3O3. The second kappa shape index (κ2) is 8.22. The molecule has 3 rings (SSSR count). The smallest absolute Gasteiger partial charge is 0.319 e. The number of urea groups is 1. The molecule has 0 bridgehead atoms. The maximum atomic E-state index is 12.3. The number of carbonyl (C=O) groups is 2. The van der Waals surface area contributed by atoms with Crippen LogP contribution in [0.1, 0.15) is 41.4 Å². The van der Waals surface area contributed by atoms with Gasteiger partial charge in [0.1, 0.15) is 0 Å². The predicted octanol–water partition coefficient (Wildman–Crippen LogP) is 2.95. The van der Waals surface area contributed by atoms with Gasteiger partial charge in [-0.2, -0.15) is 0 Å². The molecule has 0 aliphatic heterocycles. The molecule has 0 fully saturated rings. The summed E-state index contributed by atoms with van der Waals surface area (Å²) < 4.78 is 0. The van der Waals surface area contributed by atoms with Gasteiger partial charge in [0.25, 0.3) is 5.91 Å². The molecule has 0 spiro atoms. The fourth-order valence-electron chi connectivity index (χ4n) is 3.45. The van der Waals surface area contributed by atoms with Crippen LogP contribution in [0.4, 0.5) is 10.5 Å². The van der Waals surface area contributed by atoms with Gasteiger partial charge in [0.15, 0.2) is 0 Å². The lowest BCUT2D eigenvalue weighted by atomic mass is 10.1. The van der Waals surface area contributed by atoms with Crippen LogP contribution in [0.3, 0.4) is 0 Å². The first kappa shape index (κ1) is 18.9. The first-order valence-corrected chi connectivity index (χ1v) is 9.26. The lowest BCUT2D eigenvalue weighted by Gasteiger charge is -2.19. The molecule has 3 N–H and O–H groups in total. The third kappa shape index (κ3) is 4.11. The van der Waals surface area contributed by atoms with Crippen molar-refractivity contribution < 1.29 is 14.7 Å². The van der Waals surface area contributed by atoms with E-state index in [2.05, 4.69) is 10.6 Å². The summed E-state index contributed by atoms with van der Waals surface area (Å²) in [6, 6.07) is 13.7. The quantitative estimate of drug-likeness (QED) is 0.760. The molecule has 6 heteroatoms. The van der Waals surface area contributed by atoms with Gasteiger partial charge in [0, 0.05) is 30.8 Å². The molecule has 27 heavy (non-hydrogen) atoms. The molecule has 142 valence electrons. The normalized spacial score (nSPS) is 17.9. The van der Waals surface area contributed by atoms with Gasteiger partial charge in [0.2, 0.25) is 0 Å². The minimum absolute atomic E-state index is 0.0262. The molecule has 2 atom stereocenters. The Labute approximate surface area is 159 Å². The fourth-order valence-corrected chi connectivity index (χ4v) is 3.45. The molecule has 0 heterocycles. The molecule has 0 aromatic heterocycles. The molecule has 3 amide bonds. The highest BCUT2D eigenvalue weighted by Gasteiger charge is 2.31. The number of nitrogens with zero attached hydrogens (tertiary/aromatic N) is 1. The summed E-state index contributed by atoms with van der Waals surface area (Å²) in [7, 11) is 0. The van der Waals surface area contributed by atoms with Crippen molar-refractivity contribution in [1.29, 1.82) is 0 Å². The molecule has 0 saturated carbocycles. The Morgan fingerprint density at radius 2 is 1.74 bits per heavy atom. The Hall–Kier alpha value is -2.86. The Morgan fingerprint density at radius 1 is 1.07 bits per heavy atom. The zero-order chi connectivity index (χ0) is 19.4. The van der Waals surface area contributed by atoms with Gasteiger partial charge in [-0.3, -0.25) is 4.79 Å². The van der Waals surface area contributed by atoms with Gasteiger partial charge in [-0.15, -0.1) is 0 Å². The summed E-state index contributed by atoms with van der Waals surface area (Å²) >= 11 is 0. The highest BCUT2D eigenvalue weighted by atomic mass is 16.3. The Kier molecular flexibility index (Phi) is 5.76. The highest BCUT2D eigenvalue weighted by Crippen LogP contribution is 2.31. The third-order valence-electron chi connectivity index (χ3n) is 4.93. The standard InChI is InChI=1S/C21H25N3O3/c1-3-24(4-2)20(26)14-9-11-16(12-10-14)22-21(27)23-19-17-8-6-5-7-15(17)13-18(19)25/h5-12,18-19,25H,3-4,13H2,1-2H3,(H2,22,23,27)/t18-,19+/m0/s1. The fraction of sp³-hybridized carbons (Fsp3) is 0.333. The van der Waals surface area contributed by atoms with Crippen LogP contribution in [0.2, 0.25) is 0 Å². The molecule has 1 aliphatic carbocycles. The van der Waals surface area contributed by atoms with Crippen molar-refractivity contribution in [2.45, 2.75) is 32.4 Å². The second-order valence-corrected chi connectivity index (χ2v) is 6.60. The molecule has 1 aliphatic rings. The third-order valence-corrected chi connectivity index (χ3v) is 4.93. The Bertz CT molecular complexity index is 816. The molecule has 2 aromatic rings. The minimum Gasteiger partial charge on any atom is -0.390 e. The summed E-state index contributed by atoms with van der Waals surface area (Å²) in [6.45, 7) is 5.19. The lowest BCUT2D eigenvalue weighted by Crippen LogP contribution is -2.36. The van der Waals surface area contributed by atoms with Crippen LogP contribution >= 0.6 is 0 Å². The van der Waals surface area contributed by atoms with Gasteiger partial charge in [-0.05, 0) is 49.2 Å². The van der Waals surface area contributed by atoms with E-state index in [9.17, 15) is 14.7 Å². The Morgan fingerprint density at radius 3 is 2.41 bits per heavy atom. The number of carbonyl (C=O) groups excluding carboxylic acids is 2. The summed E-state index contributed by atoms with van der Waals surface area (Å²) in [4.78, 5) is 26.4. The second-order valence-electron chi connectivity index (χ2n) is 6.60. The SMILES string of the molecule is CCN(CC)C(=O)c1ccc(NC(=O)N[C@@H]2c3ccccc3C[C@@H]2O)cc1. The summed E-state index contributed by atoms with van der Waals surface area (Å²) in [5.41, 5.74) is 3.17. The van der Waals surface area contributed by atoms with Crippen molar-refractivity contribution >= 4 is 17.6 Å². The van der Waals surface area contributed by atoms with E-state index in [4.69, 9.17) is 0 Å². The van der Waals surface area contributed by atoms with Gasteiger partial charge < -0.3 is 20.6 Å². The molecule has 6 nitrogen and oxygen atoms in total. The van der Waals surface area contributed by atoms with Crippen LogP contribution in [0.5, 0.6) is 0 Å². The number of benzene rings is 2. The van der Waals surface area contributed by atoms with Crippen LogP contribution in [-0.2, 0) is 6.42 Å². The van der Waals surface area contributed by atoms with E-state index in [1.165, 1.54) is 0 Å². The molecule has 2 aromatic carbocycles. The van der Waals surface area contributed by atoms with Crippen LogP contribution in [0, 0.1) is 0 Å². The first-order valence-electron chi connectivity index (χ1n) is 9.26. The van der Waals surface area contributed by atoms with E-state index in [1.54, 1.807) is 29.2 Å². The van der Waals surface area contributed by atoms with E-state index < -0.39 is 18.2 Å². The maximum Gasteiger partial charge on any atom is 0.319 e. The monoisotopic (exact) mass is 367 g/mol. The zero-order valence-corrected chi connectivity index (χ0v) is 15.6. The number of amides is 3. The number of aliphatic hydroxyl groups excluding tert-OH is 1. The van der Waals surface area contributed by atoms with Crippen LogP contribution in [0.25, 0.3) is 0 Å². The van der Waals surface area contributed by atoms with Crippen molar-refractivity contribution in [3.05, 3.63) is 65.2 Å². The number of anilines is 1. The average molecular weight is 367 g/mol. The number of nitrogens with one attached hydrogen (secondary N) is 2. The van der Waals surface area contributed by atoms with Crippen LogP contribution in [-0.4, -0.2) is 41.1 Å². The maximum absolute atomic E-state index is 12.3. The Balaban J connectivity index is 1.62. The summed E-state index contributed by atoms with van der Waals surface area (Å²) in [5, 5.41) is 15.8. The van der Waals surface area contributed by atoms with Gasteiger partial charge in [0.05, 0.1) is 12.1 Å². The highest BCUT2D eigenvalue weighted by molar-refractivity contribution is 5.95. The van der Waals surface area contributed by atoms with E-state index in [0.29, 0.717) is 30.8 Å². The number of fused-ring (bicyclic) bond motifs is 1. The van der Waals surface area contributed by atoms with E-state index >= 15 is 0 Å². The van der Waals surface area contributed by atoms with Crippen molar-refractivity contribution in [2.24, 2.45) is 0 Å². The van der Waals surface area contributed by atoms with E-state index in [0.717, 1.165) is 11.1 Å². The lowest BCUT2D eigenvalue weighted by molar-refractivity contribution is 0.0773. The summed E-state index contributed by atoms with van der Waals surface area (Å²) in [6.07, 6.45) is -0.106. The van der Waals surface area contributed by atoms with Gasteiger partial charge in [-0.1, -0.05) is 24.3 Å². The van der Waals surface area contributed by atoms with Gasteiger partial charge in [-0.25, -0.2) is 4.79 Å². The van der Waals surface area contributed by atoms with Crippen molar-refractivity contribution in [3.8, 4) is 0 Å². The molecular weight excluding hydrogens is 342 g/mol.